The molecule has 0 radical (unpaired) electrons. The molecule has 19 heavy (non-hydrogen) atoms. The fraction of sp³-hybridized carbons (Fsp3) is 0.571. The van der Waals surface area contributed by atoms with E-state index in [-0.39, 0.29) is 0 Å². The van der Waals surface area contributed by atoms with E-state index in [1.807, 2.05) is 13.0 Å². The summed E-state index contributed by atoms with van der Waals surface area (Å²) in [5.41, 5.74) is 0.216. The molecule has 0 aliphatic rings. The van der Waals surface area contributed by atoms with Gasteiger partial charge in [0.15, 0.2) is 0 Å². The lowest BCUT2D eigenvalue weighted by Gasteiger charge is -2.23. The quantitative estimate of drug-likeness (QED) is 0.726. The van der Waals surface area contributed by atoms with E-state index in [9.17, 15) is 5.11 Å². The van der Waals surface area contributed by atoms with Crippen LogP contribution in [0.5, 0.6) is 0 Å². The van der Waals surface area contributed by atoms with Crippen LogP contribution in [0.2, 0.25) is 10.0 Å². The van der Waals surface area contributed by atoms with E-state index >= 15 is 0 Å². The van der Waals surface area contributed by atoms with E-state index in [4.69, 9.17) is 27.9 Å². The maximum absolute atomic E-state index is 10.3. The lowest BCUT2D eigenvalue weighted by atomic mass is 9.93. The average molecular weight is 306 g/mol. The zero-order valence-electron chi connectivity index (χ0n) is 11.4. The van der Waals surface area contributed by atoms with Gasteiger partial charge in [-0.05, 0) is 37.6 Å². The van der Waals surface area contributed by atoms with Crippen LogP contribution in [-0.4, -0.2) is 37.5 Å². The molecule has 0 saturated carbocycles. The molecule has 1 atom stereocenters. The van der Waals surface area contributed by atoms with Crippen LogP contribution >= 0.6 is 23.2 Å². The highest BCUT2D eigenvalue weighted by Gasteiger charge is 2.20. The molecule has 5 heteroatoms. The summed E-state index contributed by atoms with van der Waals surface area (Å²) in [7, 11) is 1.67. The fourth-order valence-corrected chi connectivity index (χ4v) is 2.16. The van der Waals surface area contributed by atoms with Gasteiger partial charge >= 0.3 is 0 Å². The van der Waals surface area contributed by atoms with Gasteiger partial charge in [0, 0.05) is 20.1 Å². The second-order valence-electron chi connectivity index (χ2n) is 4.91. The topological polar surface area (TPSA) is 41.5 Å². The molecule has 1 aromatic rings. The lowest BCUT2D eigenvalue weighted by molar-refractivity contribution is 0.0510. The Labute approximate surface area is 124 Å². The van der Waals surface area contributed by atoms with E-state index in [2.05, 4.69) is 5.32 Å². The molecular weight excluding hydrogens is 285 g/mol. The summed E-state index contributed by atoms with van der Waals surface area (Å²) in [6.07, 6.45) is 1.22. The van der Waals surface area contributed by atoms with Crippen LogP contribution in [0.1, 0.15) is 18.9 Å². The Kier molecular flexibility index (Phi) is 7.11. The number of aliphatic hydroxyl groups is 1. The zero-order valence-corrected chi connectivity index (χ0v) is 12.9. The summed E-state index contributed by atoms with van der Waals surface area (Å²) in [5, 5.41) is 14.6. The smallest absolute Gasteiger partial charge is 0.0672 e. The van der Waals surface area contributed by atoms with Gasteiger partial charge in [0.1, 0.15) is 0 Å². The van der Waals surface area contributed by atoms with Crippen LogP contribution in [0.4, 0.5) is 0 Å². The molecule has 0 aliphatic carbocycles. The summed E-state index contributed by atoms with van der Waals surface area (Å²) in [5.74, 6) is 0. The molecule has 0 saturated heterocycles. The molecule has 3 nitrogen and oxygen atoms in total. The van der Waals surface area contributed by atoms with Crippen LogP contribution in [0, 0.1) is 0 Å². The van der Waals surface area contributed by atoms with Gasteiger partial charge < -0.3 is 15.2 Å². The van der Waals surface area contributed by atoms with E-state index in [1.165, 1.54) is 0 Å². The van der Waals surface area contributed by atoms with Crippen molar-refractivity contribution in [2.24, 2.45) is 0 Å². The van der Waals surface area contributed by atoms with E-state index in [1.54, 1.807) is 19.2 Å². The monoisotopic (exact) mass is 305 g/mol. The fourth-order valence-electron chi connectivity index (χ4n) is 1.83. The number of benzene rings is 1. The van der Waals surface area contributed by atoms with Crippen molar-refractivity contribution in [3.63, 3.8) is 0 Å². The molecule has 108 valence electrons. The van der Waals surface area contributed by atoms with Crippen molar-refractivity contribution in [3.8, 4) is 0 Å². The largest absolute Gasteiger partial charge is 0.390 e. The molecule has 0 fully saturated rings. The second kappa shape index (κ2) is 8.08. The predicted octanol–water partition coefficient (Wildman–Crippen LogP) is 2.91. The van der Waals surface area contributed by atoms with Gasteiger partial charge in [-0.2, -0.15) is 0 Å². The Hall–Kier alpha value is -0.320. The Morgan fingerprint density at radius 2 is 2.00 bits per heavy atom. The SMILES string of the molecule is COCCNCCC(C)(O)Cc1ccc(Cl)c(Cl)c1. The van der Waals surface area contributed by atoms with Crippen LogP contribution in [-0.2, 0) is 11.2 Å². The number of rotatable bonds is 8. The third kappa shape index (κ3) is 6.59. The normalized spacial score (nSPS) is 14.4. The maximum Gasteiger partial charge on any atom is 0.0672 e. The standard InChI is InChI=1S/C14H21Cl2NO2/c1-14(18,5-6-17-7-8-19-2)10-11-3-4-12(15)13(16)9-11/h3-4,9,17-18H,5-8,10H2,1-2H3. The summed E-state index contributed by atoms with van der Waals surface area (Å²) in [4.78, 5) is 0. The van der Waals surface area contributed by atoms with Crippen molar-refractivity contribution < 1.29 is 9.84 Å². The van der Waals surface area contributed by atoms with Gasteiger partial charge in [-0.1, -0.05) is 29.3 Å². The van der Waals surface area contributed by atoms with Crippen LogP contribution in [0.3, 0.4) is 0 Å². The van der Waals surface area contributed by atoms with Crippen molar-refractivity contribution in [2.75, 3.05) is 26.8 Å². The van der Waals surface area contributed by atoms with Gasteiger partial charge in [0.25, 0.3) is 0 Å². The first-order chi connectivity index (χ1) is 8.94. The van der Waals surface area contributed by atoms with Crippen LogP contribution < -0.4 is 5.32 Å². The van der Waals surface area contributed by atoms with Gasteiger partial charge in [0.05, 0.1) is 22.3 Å². The molecular formula is C14H21Cl2NO2. The Balaban J connectivity index is 2.42. The molecule has 1 unspecified atom stereocenters. The highest BCUT2D eigenvalue weighted by Crippen LogP contribution is 2.25. The predicted molar refractivity (Wildman–Crippen MR) is 80.2 cm³/mol. The third-order valence-corrected chi connectivity index (χ3v) is 3.63. The van der Waals surface area contributed by atoms with E-state index in [0.717, 1.165) is 18.7 Å². The van der Waals surface area contributed by atoms with Crippen molar-refractivity contribution in [3.05, 3.63) is 33.8 Å². The van der Waals surface area contributed by atoms with Crippen molar-refractivity contribution >= 4 is 23.2 Å². The first-order valence-corrected chi connectivity index (χ1v) is 7.06. The number of nitrogens with one attached hydrogen (secondary N) is 1. The van der Waals surface area contributed by atoms with Gasteiger partial charge in [-0.3, -0.25) is 0 Å². The van der Waals surface area contributed by atoms with E-state index < -0.39 is 5.60 Å². The molecule has 0 aromatic heterocycles. The highest BCUT2D eigenvalue weighted by molar-refractivity contribution is 6.42. The average Bonchev–Trinajstić information content (AvgIpc) is 2.33. The molecule has 1 rings (SSSR count). The lowest BCUT2D eigenvalue weighted by Crippen LogP contribution is -2.33. The van der Waals surface area contributed by atoms with Crippen LogP contribution in [0.25, 0.3) is 0 Å². The molecule has 2 N–H and O–H groups in total. The van der Waals surface area contributed by atoms with Gasteiger partial charge in [-0.25, -0.2) is 0 Å². The number of hydrogen-bond acceptors (Lipinski definition) is 3. The number of ether oxygens (including phenoxy) is 1. The Morgan fingerprint density at radius 1 is 1.26 bits per heavy atom. The molecule has 0 aliphatic heterocycles. The Morgan fingerprint density at radius 3 is 2.63 bits per heavy atom. The summed E-state index contributed by atoms with van der Waals surface area (Å²) >= 11 is 11.8. The summed E-state index contributed by atoms with van der Waals surface area (Å²) in [6, 6.07) is 5.45. The first kappa shape index (κ1) is 16.7. The van der Waals surface area contributed by atoms with Crippen LogP contribution in [0.15, 0.2) is 18.2 Å². The molecule has 0 amide bonds. The van der Waals surface area contributed by atoms with E-state index in [0.29, 0.717) is 29.5 Å². The van der Waals surface area contributed by atoms with Gasteiger partial charge in [-0.15, -0.1) is 0 Å². The van der Waals surface area contributed by atoms with Crippen molar-refractivity contribution in [1.82, 2.24) is 5.32 Å². The third-order valence-electron chi connectivity index (χ3n) is 2.89. The maximum atomic E-state index is 10.3. The second-order valence-corrected chi connectivity index (χ2v) is 5.73. The minimum atomic E-state index is -0.767. The minimum absolute atomic E-state index is 0.521. The molecule has 1 aromatic carbocycles. The van der Waals surface area contributed by atoms with Gasteiger partial charge in [0.2, 0.25) is 0 Å². The Bertz CT molecular complexity index is 397. The van der Waals surface area contributed by atoms with Crippen molar-refractivity contribution in [2.45, 2.75) is 25.4 Å². The highest BCUT2D eigenvalue weighted by atomic mass is 35.5. The molecule has 0 heterocycles. The molecule has 0 bridgehead atoms. The number of hydrogen-bond donors (Lipinski definition) is 2. The summed E-state index contributed by atoms with van der Waals surface area (Å²) < 4.78 is 4.94. The summed E-state index contributed by atoms with van der Waals surface area (Å²) in [6.45, 7) is 4.04. The zero-order chi connectivity index (χ0) is 14.3. The molecule has 0 spiro atoms. The first-order valence-electron chi connectivity index (χ1n) is 6.30. The minimum Gasteiger partial charge on any atom is -0.390 e. The number of halogens is 2. The van der Waals surface area contributed by atoms with Crippen molar-refractivity contribution in [1.29, 1.82) is 0 Å². The number of methoxy groups -OCH3 is 1.